The molecule has 2 aromatic heterocycles. The summed E-state index contributed by atoms with van der Waals surface area (Å²) in [6.45, 7) is 3.31. The maximum absolute atomic E-state index is 14.2. The van der Waals surface area contributed by atoms with Crippen molar-refractivity contribution in [1.82, 2.24) is 25.4 Å². The number of aromatic nitrogens is 1. The lowest BCUT2D eigenvalue weighted by atomic mass is 9.79. The second kappa shape index (κ2) is 14.6. The van der Waals surface area contributed by atoms with Crippen LogP contribution in [-0.2, 0) is 27.2 Å². The number of nitrogens with zero attached hydrogens (tertiary/aromatic N) is 2. The summed E-state index contributed by atoms with van der Waals surface area (Å²) in [4.78, 5) is 61.8. The van der Waals surface area contributed by atoms with Gasteiger partial charge in [0.25, 0.3) is 5.91 Å². The van der Waals surface area contributed by atoms with Crippen LogP contribution < -0.4 is 10.6 Å². The molecule has 264 valence electrons. The molecule has 2 aliphatic heterocycles. The van der Waals surface area contributed by atoms with E-state index in [4.69, 9.17) is 16.0 Å². The van der Waals surface area contributed by atoms with Gasteiger partial charge in [-0.25, -0.2) is 0 Å². The van der Waals surface area contributed by atoms with Crippen LogP contribution in [0.25, 0.3) is 21.9 Å². The summed E-state index contributed by atoms with van der Waals surface area (Å²) in [5, 5.41) is 8.13. The topological polar surface area (TPSA) is 128 Å². The van der Waals surface area contributed by atoms with E-state index in [1.807, 2.05) is 73.8 Å². The number of halogens is 1. The number of hydrogen-bond acceptors (Lipinski definition) is 5. The summed E-state index contributed by atoms with van der Waals surface area (Å²) in [5.41, 5.74) is 4.13. The summed E-state index contributed by atoms with van der Waals surface area (Å²) in [7, 11) is 1.57. The second-order valence-electron chi connectivity index (χ2n) is 13.9. The highest BCUT2D eigenvalue weighted by atomic mass is 35.5. The van der Waals surface area contributed by atoms with Crippen molar-refractivity contribution in [1.29, 1.82) is 0 Å². The van der Waals surface area contributed by atoms with Crippen LogP contribution in [0.5, 0.6) is 0 Å². The molecule has 3 aromatic carbocycles. The predicted octanol–water partition coefficient (Wildman–Crippen LogP) is 5.52. The maximum Gasteiger partial charge on any atom is 0.253 e. The summed E-state index contributed by atoms with van der Waals surface area (Å²) in [5.74, 6) is -0.878. The van der Waals surface area contributed by atoms with Gasteiger partial charge in [0.2, 0.25) is 17.7 Å². The number of hydrogen-bond donors (Lipinski definition) is 3. The maximum atomic E-state index is 14.2. The standard InChI is InChI=1S/C40H42ClN5O5/c1-24-15-27-16-26(11-14-36(27)51-24)40(50)46-21-29-20-45(37(47)17-28-19-43-35-18-30(41)12-13-31(28)35)23-33(32(29)22-46)38(48)44-34(39(49)42-2)10-6-9-25-7-4-3-5-8-25/h3-5,7-8,11-16,18-19,29,32-34,43H,6,9-10,17,20-23H2,1-2H3,(H,42,49)(H,44,48)/t29?,32?,33?,34-/m0/s1. The van der Waals surface area contributed by atoms with Crippen molar-refractivity contribution in [2.24, 2.45) is 17.8 Å². The van der Waals surface area contributed by atoms with Crippen molar-refractivity contribution in [3.63, 3.8) is 0 Å². The van der Waals surface area contributed by atoms with Crippen molar-refractivity contribution < 1.29 is 23.6 Å². The lowest BCUT2D eigenvalue weighted by molar-refractivity contribution is -0.140. The average Bonchev–Trinajstić information content (AvgIpc) is 3.85. The number of nitrogens with one attached hydrogen (secondary N) is 3. The lowest BCUT2D eigenvalue weighted by Crippen LogP contribution is -2.56. The highest BCUT2D eigenvalue weighted by molar-refractivity contribution is 6.31. The Balaban J connectivity index is 1.11. The van der Waals surface area contributed by atoms with Gasteiger partial charge >= 0.3 is 0 Å². The van der Waals surface area contributed by atoms with Gasteiger partial charge in [-0.1, -0.05) is 48.0 Å². The first-order valence-electron chi connectivity index (χ1n) is 17.6. The molecule has 0 aliphatic carbocycles. The molecule has 3 N–H and O–H groups in total. The molecule has 0 spiro atoms. The number of carbonyl (C=O) groups excluding carboxylic acids is 4. The normalized spacial score (nSPS) is 19.2. The minimum Gasteiger partial charge on any atom is -0.461 e. The monoisotopic (exact) mass is 707 g/mol. The fraction of sp³-hybridized carbons (Fsp3) is 0.350. The molecule has 11 heteroatoms. The number of amides is 4. The SMILES string of the molecule is CNC(=O)[C@H](CCCc1ccccc1)NC(=O)C1CN(C(=O)Cc2c[nH]c3cc(Cl)ccc23)CC2CN(C(=O)c3ccc4oc(C)cc4c3)CC21. The van der Waals surface area contributed by atoms with E-state index in [9.17, 15) is 19.2 Å². The minimum atomic E-state index is -0.724. The number of aromatic amines is 1. The molecule has 4 heterocycles. The third-order valence-electron chi connectivity index (χ3n) is 10.5. The van der Waals surface area contributed by atoms with Crippen molar-refractivity contribution in [2.75, 3.05) is 33.2 Å². The average molecular weight is 708 g/mol. The van der Waals surface area contributed by atoms with Crippen LogP contribution >= 0.6 is 11.6 Å². The van der Waals surface area contributed by atoms with Gasteiger partial charge in [-0.15, -0.1) is 0 Å². The zero-order valence-corrected chi connectivity index (χ0v) is 29.5. The van der Waals surface area contributed by atoms with Gasteiger partial charge in [0, 0.05) is 66.3 Å². The quantitative estimate of drug-likeness (QED) is 0.176. The minimum absolute atomic E-state index is 0.0987. The molecule has 2 aliphatic rings. The zero-order chi connectivity index (χ0) is 35.6. The van der Waals surface area contributed by atoms with Crippen LogP contribution in [0.2, 0.25) is 5.02 Å². The van der Waals surface area contributed by atoms with Gasteiger partial charge < -0.3 is 29.8 Å². The Kier molecular flexibility index (Phi) is 9.86. The molecule has 0 bridgehead atoms. The number of aryl methyl sites for hydroxylation is 2. The zero-order valence-electron chi connectivity index (χ0n) is 28.8. The van der Waals surface area contributed by atoms with Crippen molar-refractivity contribution >= 4 is 57.1 Å². The van der Waals surface area contributed by atoms with E-state index in [0.717, 1.165) is 39.6 Å². The largest absolute Gasteiger partial charge is 0.461 e. The third-order valence-corrected chi connectivity index (χ3v) is 10.7. The van der Waals surface area contributed by atoms with E-state index >= 15 is 0 Å². The van der Waals surface area contributed by atoms with E-state index in [1.165, 1.54) is 5.56 Å². The number of likely N-dealkylation sites (N-methyl/N-ethyl adjacent to an activating group) is 1. The van der Waals surface area contributed by atoms with Crippen LogP contribution in [0.15, 0.2) is 83.4 Å². The summed E-state index contributed by atoms with van der Waals surface area (Å²) in [6, 6.07) is 22.2. The van der Waals surface area contributed by atoms with E-state index in [-0.39, 0.29) is 48.4 Å². The Morgan fingerprint density at radius 3 is 2.57 bits per heavy atom. The molecule has 0 saturated carbocycles. The molecule has 10 nitrogen and oxygen atoms in total. The summed E-state index contributed by atoms with van der Waals surface area (Å²) in [6.07, 6.45) is 3.94. The Bertz CT molecular complexity index is 2090. The van der Waals surface area contributed by atoms with Crippen LogP contribution in [0.4, 0.5) is 0 Å². The van der Waals surface area contributed by atoms with Gasteiger partial charge in [0.05, 0.1) is 12.3 Å². The first-order chi connectivity index (χ1) is 24.7. The second-order valence-corrected chi connectivity index (χ2v) is 14.3. The molecule has 2 saturated heterocycles. The number of benzene rings is 3. The van der Waals surface area contributed by atoms with Crippen LogP contribution in [0.3, 0.4) is 0 Å². The van der Waals surface area contributed by atoms with Gasteiger partial charge in [-0.05, 0) is 85.5 Å². The molecule has 5 aromatic rings. The number of piperidine rings is 1. The molecule has 3 unspecified atom stereocenters. The molecule has 7 rings (SSSR count). The first kappa shape index (κ1) is 34.4. The van der Waals surface area contributed by atoms with Crippen LogP contribution in [0, 0.1) is 24.7 Å². The Morgan fingerprint density at radius 2 is 1.76 bits per heavy atom. The Labute approximate surface area is 301 Å². The van der Waals surface area contributed by atoms with E-state index in [1.54, 1.807) is 29.0 Å². The number of furan rings is 1. The molecule has 51 heavy (non-hydrogen) atoms. The molecule has 4 atom stereocenters. The first-order valence-corrected chi connectivity index (χ1v) is 17.9. The van der Waals surface area contributed by atoms with Gasteiger partial charge in [0.15, 0.2) is 0 Å². The fourth-order valence-corrected chi connectivity index (χ4v) is 8.04. The number of rotatable bonds is 10. The number of carbonyl (C=O) groups is 4. The highest BCUT2D eigenvalue weighted by Gasteiger charge is 2.48. The number of likely N-dealkylation sites (tertiary alicyclic amines) is 2. The van der Waals surface area contributed by atoms with Gasteiger partial charge in [0.1, 0.15) is 17.4 Å². The van der Waals surface area contributed by atoms with Crippen molar-refractivity contribution in [3.8, 4) is 0 Å². The molecular formula is C40H42ClN5O5. The molecule has 2 fully saturated rings. The van der Waals surface area contributed by atoms with E-state index in [0.29, 0.717) is 43.1 Å². The van der Waals surface area contributed by atoms with Crippen LogP contribution in [0.1, 0.15) is 40.1 Å². The fourth-order valence-electron chi connectivity index (χ4n) is 7.87. The third kappa shape index (κ3) is 7.37. The molecule has 0 radical (unpaired) electrons. The van der Waals surface area contributed by atoms with Crippen LogP contribution in [-0.4, -0.2) is 77.7 Å². The van der Waals surface area contributed by atoms with E-state index in [2.05, 4.69) is 15.6 Å². The molecule has 4 amide bonds. The Hall–Kier alpha value is -5.09. The smallest absolute Gasteiger partial charge is 0.253 e. The van der Waals surface area contributed by atoms with E-state index < -0.39 is 12.0 Å². The number of H-pyrrole nitrogens is 1. The van der Waals surface area contributed by atoms with Gasteiger partial charge in [-0.3, -0.25) is 19.2 Å². The predicted molar refractivity (Wildman–Crippen MR) is 196 cm³/mol. The number of fused-ring (bicyclic) bond motifs is 3. The molecular weight excluding hydrogens is 666 g/mol. The Morgan fingerprint density at radius 1 is 0.961 bits per heavy atom. The summed E-state index contributed by atoms with van der Waals surface area (Å²) >= 11 is 6.18. The summed E-state index contributed by atoms with van der Waals surface area (Å²) < 4.78 is 5.71. The van der Waals surface area contributed by atoms with Gasteiger partial charge in [-0.2, -0.15) is 0 Å². The van der Waals surface area contributed by atoms with Crippen molar-refractivity contribution in [2.45, 2.75) is 38.6 Å². The highest BCUT2D eigenvalue weighted by Crippen LogP contribution is 2.37. The lowest BCUT2D eigenvalue weighted by Gasteiger charge is -2.40. The van der Waals surface area contributed by atoms with Crippen molar-refractivity contribution in [3.05, 3.63) is 106 Å².